The molecule has 3 amide bonds. The van der Waals surface area contributed by atoms with Gasteiger partial charge < -0.3 is 29.3 Å². The van der Waals surface area contributed by atoms with E-state index in [9.17, 15) is 19.5 Å². The molecule has 3 aliphatic heterocycles. The fourth-order valence-electron chi connectivity index (χ4n) is 7.48. The summed E-state index contributed by atoms with van der Waals surface area (Å²) in [5.74, 6) is -1.69. The molecule has 6 atom stereocenters. The van der Waals surface area contributed by atoms with Gasteiger partial charge in [-0.1, -0.05) is 26.0 Å². The maximum atomic E-state index is 14.7. The van der Waals surface area contributed by atoms with E-state index in [2.05, 4.69) is 13.2 Å². The van der Waals surface area contributed by atoms with E-state index < -0.39 is 35.1 Å². The zero-order valence-electron chi connectivity index (χ0n) is 25.8. The van der Waals surface area contributed by atoms with E-state index in [4.69, 9.17) is 9.47 Å². The summed E-state index contributed by atoms with van der Waals surface area (Å²) in [7, 11) is 0. The van der Waals surface area contributed by atoms with Crippen LogP contribution in [0.4, 0.5) is 5.69 Å². The van der Waals surface area contributed by atoms with Crippen molar-refractivity contribution in [2.75, 3.05) is 31.2 Å². The van der Waals surface area contributed by atoms with E-state index in [1.807, 2.05) is 58.9 Å². The van der Waals surface area contributed by atoms with Crippen molar-refractivity contribution in [3.05, 3.63) is 49.6 Å². The number of carbonyl (C=O) groups is 3. The molecule has 1 aromatic rings. The summed E-state index contributed by atoms with van der Waals surface area (Å²) in [5, 5.41) is 10.4. The highest BCUT2D eigenvalue weighted by atomic mass is 16.5. The van der Waals surface area contributed by atoms with Crippen LogP contribution in [0.25, 0.3) is 0 Å². The van der Waals surface area contributed by atoms with Gasteiger partial charge in [-0.15, -0.1) is 13.2 Å². The average Bonchev–Trinajstić information content (AvgIpc) is 3.59. The van der Waals surface area contributed by atoms with Crippen LogP contribution in [0.5, 0.6) is 5.75 Å². The molecule has 2 unspecified atom stereocenters. The Bertz CT molecular complexity index is 1180. The first-order valence-electron chi connectivity index (χ1n) is 15.3. The summed E-state index contributed by atoms with van der Waals surface area (Å²) in [6.45, 7) is 18.2. The number of nitrogens with zero attached hydrogens (tertiary/aromatic N) is 3. The number of fused-ring (bicyclic) bond motifs is 1. The van der Waals surface area contributed by atoms with Gasteiger partial charge in [-0.05, 0) is 70.7 Å². The van der Waals surface area contributed by atoms with Crippen LogP contribution in [-0.2, 0) is 19.1 Å². The second kappa shape index (κ2) is 12.6. The van der Waals surface area contributed by atoms with Crippen LogP contribution >= 0.6 is 0 Å². The SMILES string of the molecule is C=CCN(C(=O)[C@@H]1[C@H]2C(=O)N([C@@H](CC)CO)C(C(=O)N(CC=C)C(C)C)C23CC[C@@]1(CC)O3)c1ccc(OCC)cc1. The molecule has 4 rings (SSSR count). The summed E-state index contributed by atoms with van der Waals surface area (Å²) in [6, 6.07) is 5.64. The maximum Gasteiger partial charge on any atom is 0.248 e. The molecule has 0 aliphatic carbocycles. The highest BCUT2D eigenvalue weighted by Crippen LogP contribution is 2.65. The van der Waals surface area contributed by atoms with Gasteiger partial charge in [0.1, 0.15) is 17.4 Å². The molecule has 0 saturated carbocycles. The van der Waals surface area contributed by atoms with Crippen molar-refractivity contribution in [1.29, 1.82) is 0 Å². The lowest BCUT2D eigenvalue weighted by atomic mass is 9.64. The van der Waals surface area contributed by atoms with Gasteiger partial charge in [0.2, 0.25) is 17.7 Å². The number of carbonyl (C=O) groups excluding carboxylic acids is 3. The van der Waals surface area contributed by atoms with Gasteiger partial charge in [-0.25, -0.2) is 0 Å². The lowest BCUT2D eigenvalue weighted by Crippen LogP contribution is -2.59. The van der Waals surface area contributed by atoms with Gasteiger partial charge >= 0.3 is 0 Å². The Hall–Kier alpha value is -3.17. The number of likely N-dealkylation sites (tertiary alicyclic amines) is 1. The summed E-state index contributed by atoms with van der Waals surface area (Å²) in [4.78, 5) is 48.5. The first-order valence-corrected chi connectivity index (χ1v) is 15.3. The Morgan fingerprint density at radius 1 is 1.12 bits per heavy atom. The molecule has 3 aliphatic rings. The van der Waals surface area contributed by atoms with Crippen molar-refractivity contribution in [3.8, 4) is 5.75 Å². The molecular weight excluding hydrogens is 534 g/mol. The Morgan fingerprint density at radius 2 is 1.79 bits per heavy atom. The van der Waals surface area contributed by atoms with Gasteiger partial charge in [-0.2, -0.15) is 0 Å². The molecule has 42 heavy (non-hydrogen) atoms. The highest BCUT2D eigenvalue weighted by molar-refractivity contribution is 6.03. The van der Waals surface area contributed by atoms with Crippen molar-refractivity contribution in [3.63, 3.8) is 0 Å². The molecule has 0 aromatic heterocycles. The quantitative estimate of drug-likeness (QED) is 0.334. The van der Waals surface area contributed by atoms with Crippen molar-refractivity contribution in [2.45, 2.75) is 89.6 Å². The van der Waals surface area contributed by atoms with E-state index in [0.717, 1.165) is 0 Å². The number of hydrogen-bond acceptors (Lipinski definition) is 6. The van der Waals surface area contributed by atoms with Crippen LogP contribution in [-0.4, -0.2) is 88.3 Å². The molecular formula is C33H47N3O6. The monoisotopic (exact) mass is 581 g/mol. The number of aliphatic hydroxyl groups excluding tert-OH is 1. The normalized spacial score (nSPS) is 28.5. The molecule has 1 aromatic carbocycles. The predicted octanol–water partition coefficient (Wildman–Crippen LogP) is 3.95. The van der Waals surface area contributed by atoms with Crippen molar-refractivity contribution >= 4 is 23.4 Å². The average molecular weight is 582 g/mol. The van der Waals surface area contributed by atoms with Gasteiger partial charge in [0.05, 0.1) is 36.7 Å². The van der Waals surface area contributed by atoms with E-state index >= 15 is 0 Å². The standard InChI is InChI=1S/C33H47N3O6/c1-8-19-34(22(6)7)31(40)28-33-18-17-32(11-4,42-33)26(27(33)30(39)36(28)23(10-3)21-37)29(38)35(20-9-2)24-13-15-25(16-14-24)41-12-5/h8-9,13-16,22-23,26-28,37H,1-2,10-12,17-21H2,3-7H3/t23-,26-,27-,28?,32+,33?/m0/s1. The van der Waals surface area contributed by atoms with Crippen molar-refractivity contribution < 1.29 is 29.0 Å². The van der Waals surface area contributed by atoms with E-state index in [0.29, 0.717) is 50.3 Å². The van der Waals surface area contributed by atoms with Crippen LogP contribution < -0.4 is 9.64 Å². The molecule has 230 valence electrons. The minimum absolute atomic E-state index is 0.143. The molecule has 3 saturated heterocycles. The third-order valence-electron chi connectivity index (χ3n) is 9.46. The van der Waals surface area contributed by atoms with Crippen LogP contribution in [0.1, 0.15) is 60.3 Å². The van der Waals surface area contributed by atoms with Crippen LogP contribution in [0.2, 0.25) is 0 Å². The van der Waals surface area contributed by atoms with Gasteiger partial charge in [0.15, 0.2) is 0 Å². The largest absolute Gasteiger partial charge is 0.494 e. The first-order chi connectivity index (χ1) is 20.1. The molecule has 2 bridgehead atoms. The number of anilines is 1. The zero-order chi connectivity index (χ0) is 30.8. The fraction of sp³-hybridized carbons (Fsp3) is 0.606. The fourth-order valence-corrected chi connectivity index (χ4v) is 7.48. The van der Waals surface area contributed by atoms with Crippen LogP contribution in [0.3, 0.4) is 0 Å². The van der Waals surface area contributed by atoms with Crippen molar-refractivity contribution in [1.82, 2.24) is 9.80 Å². The maximum absolute atomic E-state index is 14.7. The number of benzene rings is 1. The lowest BCUT2D eigenvalue weighted by molar-refractivity contribution is -0.157. The van der Waals surface area contributed by atoms with Gasteiger partial charge in [0.25, 0.3) is 0 Å². The summed E-state index contributed by atoms with van der Waals surface area (Å²) in [5.41, 5.74) is -1.38. The molecule has 0 radical (unpaired) electrons. The van der Waals surface area contributed by atoms with Crippen LogP contribution in [0.15, 0.2) is 49.6 Å². The summed E-state index contributed by atoms with van der Waals surface area (Å²) >= 11 is 0. The third-order valence-corrected chi connectivity index (χ3v) is 9.46. The second-order valence-corrected chi connectivity index (χ2v) is 11.9. The van der Waals surface area contributed by atoms with E-state index in [-0.39, 0.29) is 36.9 Å². The Labute approximate surface area is 250 Å². The Kier molecular flexibility index (Phi) is 9.52. The summed E-state index contributed by atoms with van der Waals surface area (Å²) in [6.07, 6.45) is 5.38. The van der Waals surface area contributed by atoms with Crippen molar-refractivity contribution in [2.24, 2.45) is 11.8 Å². The molecule has 1 spiro atoms. The molecule has 3 heterocycles. The predicted molar refractivity (Wildman–Crippen MR) is 162 cm³/mol. The van der Waals surface area contributed by atoms with E-state index in [1.54, 1.807) is 26.9 Å². The second-order valence-electron chi connectivity index (χ2n) is 11.9. The number of ether oxygens (including phenoxy) is 2. The number of aliphatic hydroxyl groups is 1. The van der Waals surface area contributed by atoms with E-state index in [1.165, 1.54) is 0 Å². The number of rotatable bonds is 14. The third kappa shape index (κ3) is 4.94. The number of amides is 3. The number of hydrogen-bond donors (Lipinski definition) is 1. The lowest BCUT2D eigenvalue weighted by Gasteiger charge is -2.40. The minimum Gasteiger partial charge on any atom is -0.494 e. The summed E-state index contributed by atoms with van der Waals surface area (Å²) < 4.78 is 12.5. The van der Waals surface area contributed by atoms with Gasteiger partial charge in [0, 0.05) is 24.8 Å². The topological polar surface area (TPSA) is 99.6 Å². The smallest absolute Gasteiger partial charge is 0.248 e. The Morgan fingerprint density at radius 3 is 2.31 bits per heavy atom. The minimum atomic E-state index is -1.17. The zero-order valence-corrected chi connectivity index (χ0v) is 25.8. The van der Waals surface area contributed by atoms with Crippen LogP contribution in [0, 0.1) is 11.8 Å². The molecule has 1 N–H and O–H groups in total. The molecule has 9 heteroatoms. The van der Waals surface area contributed by atoms with Gasteiger partial charge in [-0.3, -0.25) is 14.4 Å². The first kappa shape index (κ1) is 31.8. The highest BCUT2D eigenvalue weighted by Gasteiger charge is 2.79. The Balaban J connectivity index is 1.83. The molecule has 9 nitrogen and oxygen atoms in total. The molecule has 3 fully saturated rings.